The van der Waals surface area contributed by atoms with E-state index in [1.165, 1.54) is 12.1 Å². The summed E-state index contributed by atoms with van der Waals surface area (Å²) in [5, 5.41) is 16.8. The molecule has 0 unspecified atom stereocenters. The number of nitrogens with one attached hydrogen (secondary N) is 2. The molecule has 1 heterocycles. The zero-order valence-corrected chi connectivity index (χ0v) is 13.0. The largest absolute Gasteiger partial charge is 0.334 e. The van der Waals surface area contributed by atoms with E-state index in [-0.39, 0.29) is 17.8 Å². The van der Waals surface area contributed by atoms with E-state index in [2.05, 4.69) is 17.2 Å². The first-order chi connectivity index (χ1) is 11.1. The second-order valence-electron chi connectivity index (χ2n) is 5.50. The van der Waals surface area contributed by atoms with E-state index in [0.29, 0.717) is 13.1 Å². The van der Waals surface area contributed by atoms with Gasteiger partial charge in [-0.1, -0.05) is 18.2 Å². The number of rotatable bonds is 6. The molecule has 0 aliphatic carbocycles. The molecular formula is C16H22N4O3. The second kappa shape index (κ2) is 8.28. The third kappa shape index (κ3) is 4.79. The lowest BCUT2D eigenvalue weighted by Crippen LogP contribution is -2.49. The van der Waals surface area contributed by atoms with Crippen LogP contribution in [-0.4, -0.2) is 41.5 Å². The van der Waals surface area contributed by atoms with Gasteiger partial charge in [0.2, 0.25) is 0 Å². The van der Waals surface area contributed by atoms with Crippen molar-refractivity contribution < 1.29 is 9.72 Å². The van der Waals surface area contributed by atoms with Crippen LogP contribution in [0.15, 0.2) is 36.9 Å². The summed E-state index contributed by atoms with van der Waals surface area (Å²) < 4.78 is 0. The highest BCUT2D eigenvalue weighted by atomic mass is 16.6. The quantitative estimate of drug-likeness (QED) is 0.477. The van der Waals surface area contributed by atoms with Crippen LogP contribution in [0.2, 0.25) is 0 Å². The number of hydrogen-bond acceptors (Lipinski definition) is 4. The Hall–Kier alpha value is -2.41. The highest BCUT2D eigenvalue weighted by Gasteiger charge is 2.24. The topological polar surface area (TPSA) is 87.5 Å². The molecule has 1 aromatic rings. The minimum atomic E-state index is -0.439. The summed E-state index contributed by atoms with van der Waals surface area (Å²) in [5.41, 5.74) is 0.871. The molecule has 0 atom stereocenters. The van der Waals surface area contributed by atoms with Crippen molar-refractivity contribution in [3.63, 3.8) is 0 Å². The van der Waals surface area contributed by atoms with Gasteiger partial charge in [-0.15, -0.1) is 6.58 Å². The summed E-state index contributed by atoms with van der Waals surface area (Å²) in [6.45, 7) is 6.40. The zero-order valence-electron chi connectivity index (χ0n) is 13.0. The molecule has 1 saturated heterocycles. The molecule has 0 bridgehead atoms. The van der Waals surface area contributed by atoms with Gasteiger partial charge in [0.05, 0.1) is 4.92 Å². The van der Waals surface area contributed by atoms with Crippen LogP contribution in [0.1, 0.15) is 18.4 Å². The summed E-state index contributed by atoms with van der Waals surface area (Å²) in [4.78, 5) is 24.4. The van der Waals surface area contributed by atoms with Gasteiger partial charge in [-0.2, -0.15) is 0 Å². The summed E-state index contributed by atoms with van der Waals surface area (Å²) in [6.07, 6.45) is 3.59. The van der Waals surface area contributed by atoms with E-state index in [1.54, 1.807) is 23.1 Å². The predicted molar refractivity (Wildman–Crippen MR) is 88.1 cm³/mol. The minimum absolute atomic E-state index is 0.0445. The minimum Gasteiger partial charge on any atom is -0.334 e. The molecule has 1 aromatic carbocycles. The van der Waals surface area contributed by atoms with Crippen molar-refractivity contribution in [2.45, 2.75) is 25.4 Å². The molecule has 2 amide bonds. The van der Waals surface area contributed by atoms with Gasteiger partial charge >= 0.3 is 6.03 Å². The number of hydrogen-bond donors (Lipinski definition) is 2. The molecule has 1 aliphatic rings. The van der Waals surface area contributed by atoms with Crippen molar-refractivity contribution in [2.75, 3.05) is 19.6 Å². The van der Waals surface area contributed by atoms with Gasteiger partial charge < -0.3 is 15.5 Å². The van der Waals surface area contributed by atoms with Gasteiger partial charge in [0.1, 0.15) is 0 Å². The van der Waals surface area contributed by atoms with Crippen LogP contribution in [0.25, 0.3) is 0 Å². The summed E-state index contributed by atoms with van der Waals surface area (Å²) in [6, 6.07) is 6.27. The van der Waals surface area contributed by atoms with Crippen LogP contribution in [0, 0.1) is 10.1 Å². The lowest BCUT2D eigenvalue weighted by molar-refractivity contribution is -0.384. The molecule has 124 valence electrons. The van der Waals surface area contributed by atoms with Crippen LogP contribution in [0.3, 0.4) is 0 Å². The number of benzene rings is 1. The van der Waals surface area contributed by atoms with Crippen molar-refractivity contribution in [1.29, 1.82) is 0 Å². The number of nitrogens with zero attached hydrogens (tertiary/aromatic N) is 2. The van der Waals surface area contributed by atoms with Crippen molar-refractivity contribution in [1.82, 2.24) is 15.5 Å². The van der Waals surface area contributed by atoms with Crippen molar-refractivity contribution >= 4 is 11.7 Å². The van der Waals surface area contributed by atoms with Gasteiger partial charge in [-0.25, -0.2) is 4.79 Å². The van der Waals surface area contributed by atoms with E-state index < -0.39 is 4.92 Å². The van der Waals surface area contributed by atoms with Crippen LogP contribution >= 0.6 is 0 Å². The first-order valence-electron chi connectivity index (χ1n) is 7.71. The summed E-state index contributed by atoms with van der Waals surface area (Å²) in [7, 11) is 0. The monoisotopic (exact) mass is 318 g/mol. The number of nitro benzene ring substituents is 1. The maximum atomic E-state index is 12.4. The number of carbonyl (C=O) groups excluding carboxylic acids is 1. The standard InChI is InChI=1S/C16H22N4O3/c1-2-11-19(14-7-9-17-10-8-14)16(21)18-12-13-3-5-15(6-4-13)20(22)23/h2-6,14,17H,1,7-12H2,(H,18,21). The Kier molecular flexibility index (Phi) is 6.10. The fourth-order valence-electron chi connectivity index (χ4n) is 2.67. The van der Waals surface area contributed by atoms with E-state index in [1.807, 2.05) is 0 Å². The van der Waals surface area contributed by atoms with Gasteiger partial charge in [0.25, 0.3) is 5.69 Å². The molecule has 7 nitrogen and oxygen atoms in total. The highest BCUT2D eigenvalue weighted by molar-refractivity contribution is 5.74. The van der Waals surface area contributed by atoms with E-state index in [0.717, 1.165) is 31.5 Å². The molecule has 7 heteroatoms. The molecule has 2 rings (SSSR count). The molecular weight excluding hydrogens is 296 g/mol. The molecule has 0 radical (unpaired) electrons. The Morgan fingerprint density at radius 2 is 2.04 bits per heavy atom. The molecule has 23 heavy (non-hydrogen) atoms. The normalized spacial score (nSPS) is 15.0. The van der Waals surface area contributed by atoms with Crippen molar-refractivity contribution in [3.05, 3.63) is 52.6 Å². The highest BCUT2D eigenvalue weighted by Crippen LogP contribution is 2.14. The van der Waals surface area contributed by atoms with E-state index in [9.17, 15) is 14.9 Å². The maximum absolute atomic E-state index is 12.4. The molecule has 0 saturated carbocycles. The smallest absolute Gasteiger partial charge is 0.318 e. The predicted octanol–water partition coefficient (Wildman–Crippen LogP) is 2.04. The molecule has 1 aliphatic heterocycles. The third-order valence-corrected chi connectivity index (χ3v) is 3.93. The zero-order chi connectivity index (χ0) is 16.7. The van der Waals surface area contributed by atoms with Crippen LogP contribution in [0.4, 0.5) is 10.5 Å². The first-order valence-corrected chi connectivity index (χ1v) is 7.71. The molecule has 2 N–H and O–H groups in total. The Morgan fingerprint density at radius 3 is 2.61 bits per heavy atom. The SMILES string of the molecule is C=CCN(C(=O)NCc1ccc([N+](=O)[O-])cc1)C1CCNCC1. The summed E-state index contributed by atoms with van der Waals surface area (Å²) >= 11 is 0. The Balaban J connectivity index is 1.92. The van der Waals surface area contributed by atoms with Crippen LogP contribution in [-0.2, 0) is 6.54 Å². The Morgan fingerprint density at radius 1 is 1.39 bits per heavy atom. The Bertz CT molecular complexity index is 553. The van der Waals surface area contributed by atoms with E-state index >= 15 is 0 Å². The first kappa shape index (κ1) is 17.0. The number of non-ortho nitro benzene ring substituents is 1. The van der Waals surface area contributed by atoms with Crippen LogP contribution < -0.4 is 10.6 Å². The van der Waals surface area contributed by atoms with Crippen molar-refractivity contribution in [2.24, 2.45) is 0 Å². The van der Waals surface area contributed by atoms with Crippen LogP contribution in [0.5, 0.6) is 0 Å². The number of piperidine rings is 1. The van der Waals surface area contributed by atoms with Gasteiger partial charge in [-0.05, 0) is 31.5 Å². The lowest BCUT2D eigenvalue weighted by atomic mass is 10.1. The van der Waals surface area contributed by atoms with Gasteiger partial charge in [0, 0.05) is 31.3 Å². The molecule has 0 aromatic heterocycles. The second-order valence-corrected chi connectivity index (χ2v) is 5.50. The lowest BCUT2D eigenvalue weighted by Gasteiger charge is -2.34. The Labute approximate surface area is 135 Å². The number of carbonyl (C=O) groups is 1. The number of urea groups is 1. The fraction of sp³-hybridized carbons (Fsp3) is 0.438. The molecule has 0 spiro atoms. The third-order valence-electron chi connectivity index (χ3n) is 3.93. The number of nitro groups is 1. The average molecular weight is 318 g/mol. The van der Waals surface area contributed by atoms with Gasteiger partial charge in [0.15, 0.2) is 0 Å². The number of amides is 2. The van der Waals surface area contributed by atoms with Crippen molar-refractivity contribution in [3.8, 4) is 0 Å². The maximum Gasteiger partial charge on any atom is 0.318 e. The molecule has 1 fully saturated rings. The van der Waals surface area contributed by atoms with Gasteiger partial charge in [-0.3, -0.25) is 10.1 Å². The van der Waals surface area contributed by atoms with E-state index in [4.69, 9.17) is 0 Å². The average Bonchev–Trinajstić information content (AvgIpc) is 2.58. The summed E-state index contributed by atoms with van der Waals surface area (Å²) in [5.74, 6) is 0. The fourth-order valence-corrected chi connectivity index (χ4v) is 2.67.